The fourth-order valence-electron chi connectivity index (χ4n) is 3.15. The van der Waals surface area contributed by atoms with Crippen LogP contribution in [-0.4, -0.2) is 65.7 Å². The topological polar surface area (TPSA) is 119 Å². The molecule has 0 bridgehead atoms. The Labute approximate surface area is 179 Å². The number of hydrogen-bond acceptors (Lipinski definition) is 7. The number of halogens is 1. The zero-order valence-electron chi connectivity index (χ0n) is 17.2. The normalized spacial score (nSPS) is 15.0. The maximum atomic E-state index is 14.5. The second-order valence-electron chi connectivity index (χ2n) is 7.44. The molecule has 1 fully saturated rings. The zero-order chi connectivity index (χ0) is 22.6. The fourth-order valence-corrected chi connectivity index (χ4v) is 3.76. The Bertz CT molecular complexity index is 1050. The number of piperidine rings is 1. The summed E-state index contributed by atoms with van der Waals surface area (Å²) in [5.74, 6) is -0.318. The van der Waals surface area contributed by atoms with E-state index in [2.05, 4.69) is 9.97 Å². The largest absolute Gasteiger partial charge is 0.474 e. The van der Waals surface area contributed by atoms with Crippen molar-refractivity contribution in [1.82, 2.24) is 14.9 Å². The molecule has 3 rings (SSSR count). The molecule has 0 aliphatic carbocycles. The minimum absolute atomic E-state index is 0.0504. The molecule has 0 unspecified atom stereocenters. The van der Waals surface area contributed by atoms with Gasteiger partial charge < -0.3 is 19.5 Å². The third kappa shape index (κ3) is 6.27. The van der Waals surface area contributed by atoms with Crippen LogP contribution in [0.4, 0.5) is 9.18 Å². The molecule has 1 saturated heterocycles. The number of amides is 1. The van der Waals surface area contributed by atoms with Crippen LogP contribution in [0.15, 0.2) is 24.5 Å². The van der Waals surface area contributed by atoms with Gasteiger partial charge >= 0.3 is 6.09 Å². The van der Waals surface area contributed by atoms with Gasteiger partial charge in [0.05, 0.1) is 11.3 Å². The number of benzene rings is 1. The van der Waals surface area contributed by atoms with Crippen LogP contribution in [0, 0.1) is 12.7 Å². The van der Waals surface area contributed by atoms with Gasteiger partial charge in [0.15, 0.2) is 11.6 Å². The van der Waals surface area contributed by atoms with Crippen LogP contribution < -0.4 is 9.47 Å². The quantitative estimate of drug-likeness (QED) is 0.680. The first-order valence-electron chi connectivity index (χ1n) is 9.72. The minimum atomic E-state index is -3.14. The highest BCUT2D eigenvalue weighted by Crippen LogP contribution is 2.30. The predicted molar refractivity (Wildman–Crippen MR) is 110 cm³/mol. The van der Waals surface area contributed by atoms with Crippen molar-refractivity contribution in [1.29, 1.82) is 0 Å². The van der Waals surface area contributed by atoms with Crippen molar-refractivity contribution < 1.29 is 32.2 Å². The van der Waals surface area contributed by atoms with Crippen molar-refractivity contribution >= 4 is 15.9 Å². The van der Waals surface area contributed by atoms with Gasteiger partial charge in [0.25, 0.3) is 0 Å². The van der Waals surface area contributed by atoms with E-state index in [1.54, 1.807) is 13.0 Å². The molecule has 1 aromatic carbocycles. The van der Waals surface area contributed by atoms with E-state index < -0.39 is 21.7 Å². The van der Waals surface area contributed by atoms with Crippen LogP contribution in [-0.2, 0) is 16.3 Å². The fraction of sp³-hybridized carbons (Fsp3) is 0.450. The van der Waals surface area contributed by atoms with Gasteiger partial charge in [-0.15, -0.1) is 0 Å². The minimum Gasteiger partial charge on any atom is -0.474 e. The highest BCUT2D eigenvalue weighted by Gasteiger charge is 2.25. The summed E-state index contributed by atoms with van der Waals surface area (Å²) in [4.78, 5) is 20.5. The molecule has 11 heteroatoms. The summed E-state index contributed by atoms with van der Waals surface area (Å²) in [5, 5.41) is 9.03. The maximum Gasteiger partial charge on any atom is 0.407 e. The van der Waals surface area contributed by atoms with Gasteiger partial charge in [0.2, 0.25) is 11.8 Å². The number of aryl methyl sites for hydroxylation is 1. The first-order valence-corrected chi connectivity index (χ1v) is 11.8. The summed E-state index contributed by atoms with van der Waals surface area (Å²) >= 11 is 0. The second kappa shape index (κ2) is 9.46. The first-order chi connectivity index (χ1) is 14.6. The molecule has 0 saturated carbocycles. The Balaban J connectivity index is 1.67. The molecule has 1 aliphatic heterocycles. The summed E-state index contributed by atoms with van der Waals surface area (Å²) in [6.07, 6.45) is 2.53. The number of hydrogen-bond donors (Lipinski definition) is 1. The number of likely N-dealkylation sites (tertiary alicyclic amines) is 1. The molecule has 2 aromatic rings. The van der Waals surface area contributed by atoms with E-state index in [1.807, 2.05) is 0 Å². The molecule has 168 valence electrons. The van der Waals surface area contributed by atoms with Crippen molar-refractivity contribution in [2.24, 2.45) is 0 Å². The number of carbonyl (C=O) groups is 1. The van der Waals surface area contributed by atoms with Crippen molar-refractivity contribution in [2.75, 3.05) is 25.1 Å². The van der Waals surface area contributed by atoms with Crippen molar-refractivity contribution in [3.05, 3.63) is 41.5 Å². The highest BCUT2D eigenvalue weighted by molar-refractivity contribution is 7.90. The molecular weight excluding hydrogens is 429 g/mol. The third-order valence-electron chi connectivity index (χ3n) is 4.95. The summed E-state index contributed by atoms with van der Waals surface area (Å²) in [6, 6.07) is 4.27. The Morgan fingerprint density at radius 3 is 2.55 bits per heavy atom. The molecule has 2 heterocycles. The molecule has 1 amide bonds. The summed E-state index contributed by atoms with van der Waals surface area (Å²) in [6.45, 7) is 2.45. The summed E-state index contributed by atoms with van der Waals surface area (Å²) in [7, 11) is -3.14. The van der Waals surface area contributed by atoms with Gasteiger partial charge in [-0.25, -0.2) is 27.6 Å². The van der Waals surface area contributed by atoms with Gasteiger partial charge in [-0.3, -0.25) is 0 Å². The Kier molecular flexibility index (Phi) is 6.94. The lowest BCUT2D eigenvalue weighted by Crippen LogP contribution is -2.41. The summed E-state index contributed by atoms with van der Waals surface area (Å²) < 4.78 is 48.5. The van der Waals surface area contributed by atoms with Gasteiger partial charge in [0.1, 0.15) is 22.3 Å². The first kappa shape index (κ1) is 22.7. The SMILES string of the molecule is Cc1c(Oc2ccc(CCS(C)(=O)=O)cc2F)ncnc1OC1CCN(C(=O)O)CC1. The molecule has 0 spiro atoms. The van der Waals surface area contributed by atoms with Crippen LogP contribution >= 0.6 is 0 Å². The van der Waals surface area contributed by atoms with E-state index in [4.69, 9.17) is 14.6 Å². The second-order valence-corrected chi connectivity index (χ2v) is 9.70. The van der Waals surface area contributed by atoms with Crippen molar-refractivity contribution in [3.63, 3.8) is 0 Å². The highest BCUT2D eigenvalue weighted by atomic mass is 32.2. The van der Waals surface area contributed by atoms with Gasteiger partial charge in [-0.2, -0.15) is 0 Å². The van der Waals surface area contributed by atoms with Crippen molar-refractivity contribution in [3.8, 4) is 17.5 Å². The Morgan fingerprint density at radius 1 is 1.26 bits per heavy atom. The van der Waals surface area contributed by atoms with Gasteiger partial charge in [-0.05, 0) is 31.0 Å². The van der Waals surface area contributed by atoms with Crippen LogP contribution in [0.25, 0.3) is 0 Å². The average Bonchev–Trinajstić information content (AvgIpc) is 2.71. The average molecular weight is 453 g/mol. The summed E-state index contributed by atoms with van der Waals surface area (Å²) in [5.41, 5.74) is 1.04. The number of sulfone groups is 1. The van der Waals surface area contributed by atoms with Crippen LogP contribution in [0.2, 0.25) is 0 Å². The van der Waals surface area contributed by atoms with E-state index in [0.717, 1.165) is 6.26 Å². The molecule has 0 radical (unpaired) electrons. The van der Waals surface area contributed by atoms with E-state index in [-0.39, 0.29) is 29.9 Å². The Hall–Kier alpha value is -2.95. The molecule has 1 aromatic heterocycles. The molecule has 1 aliphatic rings. The van der Waals surface area contributed by atoms with Crippen LogP contribution in [0.5, 0.6) is 17.5 Å². The number of aromatic nitrogens is 2. The molecular formula is C20H24FN3O6S. The number of ether oxygens (including phenoxy) is 2. The van der Waals surface area contributed by atoms with E-state index >= 15 is 0 Å². The molecule has 31 heavy (non-hydrogen) atoms. The molecule has 1 N–H and O–H groups in total. The number of rotatable bonds is 7. The monoisotopic (exact) mass is 453 g/mol. The van der Waals surface area contributed by atoms with Gasteiger partial charge in [-0.1, -0.05) is 6.07 Å². The van der Waals surface area contributed by atoms with E-state index in [0.29, 0.717) is 42.9 Å². The predicted octanol–water partition coefficient (Wildman–Crippen LogP) is 2.82. The molecule has 9 nitrogen and oxygen atoms in total. The van der Waals surface area contributed by atoms with E-state index in [9.17, 15) is 17.6 Å². The standard InChI is InChI=1S/C20H24FN3O6S/c1-13-18(29-15-5-8-24(9-6-15)20(25)26)22-12-23-19(13)30-17-4-3-14(11-16(17)21)7-10-31(2,27)28/h3-4,11-12,15H,5-10H2,1-2H3,(H,25,26). The van der Waals surface area contributed by atoms with Crippen molar-refractivity contribution in [2.45, 2.75) is 32.3 Å². The third-order valence-corrected chi connectivity index (χ3v) is 5.89. The maximum absolute atomic E-state index is 14.5. The smallest absolute Gasteiger partial charge is 0.407 e. The molecule has 0 atom stereocenters. The lowest BCUT2D eigenvalue weighted by Gasteiger charge is -2.30. The van der Waals surface area contributed by atoms with Crippen LogP contribution in [0.1, 0.15) is 24.0 Å². The lowest BCUT2D eigenvalue weighted by atomic mass is 10.1. The Morgan fingerprint density at radius 2 is 1.94 bits per heavy atom. The lowest BCUT2D eigenvalue weighted by molar-refractivity contribution is 0.0864. The zero-order valence-corrected chi connectivity index (χ0v) is 18.1. The number of nitrogens with zero attached hydrogens (tertiary/aromatic N) is 3. The van der Waals surface area contributed by atoms with Crippen LogP contribution in [0.3, 0.4) is 0 Å². The van der Waals surface area contributed by atoms with Gasteiger partial charge in [0, 0.05) is 32.2 Å². The number of carboxylic acid groups (broad SMARTS) is 1. The van der Waals surface area contributed by atoms with E-state index in [1.165, 1.54) is 23.4 Å².